The van der Waals surface area contributed by atoms with Crippen LogP contribution in [0.1, 0.15) is 18.4 Å². The summed E-state index contributed by atoms with van der Waals surface area (Å²) in [7, 11) is 0. The SMILES string of the molecule is O=C(OCc1ccccc1)C1(COc2ncc(-c3ccc([N+](=O)[O-])cc3)cn2)CC1. The normalized spacial score (nSPS) is 14.0. The van der Waals surface area contributed by atoms with Gasteiger partial charge in [0.25, 0.3) is 5.69 Å². The number of ether oxygens (including phenoxy) is 2. The molecule has 0 spiro atoms. The molecule has 1 aliphatic carbocycles. The lowest BCUT2D eigenvalue weighted by Crippen LogP contribution is -2.26. The zero-order chi connectivity index (χ0) is 21.0. The Labute approximate surface area is 172 Å². The smallest absolute Gasteiger partial charge is 0.316 e. The summed E-state index contributed by atoms with van der Waals surface area (Å²) in [5.41, 5.74) is 1.80. The highest BCUT2D eigenvalue weighted by Gasteiger charge is 2.52. The molecule has 2 aromatic carbocycles. The first-order valence-corrected chi connectivity index (χ1v) is 9.47. The lowest BCUT2D eigenvalue weighted by Gasteiger charge is -2.14. The van der Waals surface area contributed by atoms with E-state index in [4.69, 9.17) is 9.47 Å². The summed E-state index contributed by atoms with van der Waals surface area (Å²) in [5, 5.41) is 10.7. The third-order valence-electron chi connectivity index (χ3n) is 5.02. The molecule has 0 saturated heterocycles. The lowest BCUT2D eigenvalue weighted by atomic mass is 10.1. The van der Waals surface area contributed by atoms with Crippen LogP contribution in [0.5, 0.6) is 6.01 Å². The van der Waals surface area contributed by atoms with Gasteiger partial charge in [-0.2, -0.15) is 0 Å². The maximum absolute atomic E-state index is 12.4. The number of hydrogen-bond acceptors (Lipinski definition) is 7. The van der Waals surface area contributed by atoms with Crippen molar-refractivity contribution >= 4 is 11.7 Å². The molecule has 3 aromatic rings. The van der Waals surface area contributed by atoms with Crippen molar-refractivity contribution < 1.29 is 19.2 Å². The number of nitro groups is 1. The van der Waals surface area contributed by atoms with E-state index in [1.165, 1.54) is 12.1 Å². The van der Waals surface area contributed by atoms with Crippen LogP contribution in [0.2, 0.25) is 0 Å². The molecule has 1 aromatic heterocycles. The molecule has 0 aliphatic heterocycles. The van der Waals surface area contributed by atoms with Gasteiger partial charge in [0, 0.05) is 30.1 Å². The largest absolute Gasteiger partial charge is 0.462 e. The van der Waals surface area contributed by atoms with E-state index < -0.39 is 10.3 Å². The molecule has 1 fully saturated rings. The van der Waals surface area contributed by atoms with Gasteiger partial charge in [0.2, 0.25) is 0 Å². The number of esters is 1. The zero-order valence-corrected chi connectivity index (χ0v) is 16.1. The van der Waals surface area contributed by atoms with Crippen molar-refractivity contribution in [3.8, 4) is 17.1 Å². The Morgan fingerprint density at radius 1 is 1.00 bits per heavy atom. The van der Waals surface area contributed by atoms with E-state index in [2.05, 4.69) is 9.97 Å². The second kappa shape index (κ2) is 8.28. The van der Waals surface area contributed by atoms with Crippen molar-refractivity contribution in [2.75, 3.05) is 6.61 Å². The molecule has 0 unspecified atom stereocenters. The molecule has 30 heavy (non-hydrogen) atoms. The monoisotopic (exact) mass is 405 g/mol. The number of nitrogens with zero attached hydrogens (tertiary/aromatic N) is 3. The number of hydrogen-bond donors (Lipinski definition) is 0. The molecule has 0 atom stereocenters. The number of nitro benzene ring substituents is 1. The van der Waals surface area contributed by atoms with Crippen LogP contribution in [0.4, 0.5) is 5.69 Å². The van der Waals surface area contributed by atoms with E-state index in [1.807, 2.05) is 30.3 Å². The number of rotatable bonds is 8. The van der Waals surface area contributed by atoms with Gasteiger partial charge in [-0.3, -0.25) is 14.9 Å². The highest BCUT2D eigenvalue weighted by atomic mass is 16.6. The Morgan fingerprint density at radius 2 is 1.67 bits per heavy atom. The van der Waals surface area contributed by atoms with Crippen molar-refractivity contribution in [3.63, 3.8) is 0 Å². The van der Waals surface area contributed by atoms with Crippen LogP contribution in [-0.2, 0) is 16.1 Å². The molecule has 0 radical (unpaired) electrons. The van der Waals surface area contributed by atoms with Crippen LogP contribution in [0.3, 0.4) is 0 Å². The second-order valence-corrected chi connectivity index (χ2v) is 7.19. The van der Waals surface area contributed by atoms with Crippen molar-refractivity contribution in [3.05, 3.63) is 82.7 Å². The topological polar surface area (TPSA) is 104 Å². The van der Waals surface area contributed by atoms with Crippen LogP contribution >= 0.6 is 0 Å². The minimum atomic E-state index is -0.630. The average Bonchev–Trinajstić information content (AvgIpc) is 3.58. The van der Waals surface area contributed by atoms with Crippen molar-refractivity contribution in [2.24, 2.45) is 5.41 Å². The van der Waals surface area contributed by atoms with Gasteiger partial charge in [-0.15, -0.1) is 0 Å². The molecular formula is C22H19N3O5. The number of carbonyl (C=O) groups is 1. The van der Waals surface area contributed by atoms with E-state index in [0.717, 1.165) is 11.1 Å². The van der Waals surface area contributed by atoms with E-state index >= 15 is 0 Å². The maximum atomic E-state index is 12.4. The molecule has 1 heterocycles. The third-order valence-corrected chi connectivity index (χ3v) is 5.02. The van der Waals surface area contributed by atoms with Gasteiger partial charge in [0.1, 0.15) is 18.6 Å². The Bertz CT molecular complexity index is 1030. The first-order chi connectivity index (χ1) is 14.6. The molecule has 1 aliphatic rings. The van der Waals surface area contributed by atoms with Gasteiger partial charge in [0.15, 0.2) is 0 Å². The van der Waals surface area contributed by atoms with Gasteiger partial charge in [-0.25, -0.2) is 9.97 Å². The number of benzene rings is 2. The van der Waals surface area contributed by atoms with Crippen LogP contribution < -0.4 is 4.74 Å². The minimum absolute atomic E-state index is 0.0218. The highest BCUT2D eigenvalue weighted by molar-refractivity contribution is 5.80. The highest BCUT2D eigenvalue weighted by Crippen LogP contribution is 2.47. The Balaban J connectivity index is 1.32. The van der Waals surface area contributed by atoms with Crippen LogP contribution in [0, 0.1) is 15.5 Å². The standard InChI is InChI=1S/C22H19N3O5/c26-20(29-14-16-4-2-1-3-5-16)22(10-11-22)15-30-21-23-12-18(13-24-21)17-6-8-19(9-7-17)25(27)28/h1-9,12-13H,10-11,14-15H2. The summed E-state index contributed by atoms with van der Waals surface area (Å²) in [6.07, 6.45) is 4.58. The van der Waals surface area contributed by atoms with Gasteiger partial charge >= 0.3 is 12.0 Å². The molecule has 0 N–H and O–H groups in total. The second-order valence-electron chi connectivity index (χ2n) is 7.19. The molecule has 8 nitrogen and oxygen atoms in total. The fourth-order valence-corrected chi connectivity index (χ4v) is 2.95. The van der Waals surface area contributed by atoms with Gasteiger partial charge in [-0.05, 0) is 36.1 Å². The van der Waals surface area contributed by atoms with E-state index in [0.29, 0.717) is 18.4 Å². The first kappa shape index (κ1) is 19.5. The summed E-state index contributed by atoms with van der Waals surface area (Å²) in [5.74, 6) is -0.270. The molecule has 8 heteroatoms. The zero-order valence-electron chi connectivity index (χ0n) is 16.1. The molecular weight excluding hydrogens is 386 g/mol. The van der Waals surface area contributed by atoms with E-state index in [1.54, 1.807) is 24.5 Å². The van der Waals surface area contributed by atoms with Crippen molar-refractivity contribution in [2.45, 2.75) is 19.4 Å². The number of carbonyl (C=O) groups excluding carboxylic acids is 1. The Hall–Kier alpha value is -3.81. The van der Waals surface area contributed by atoms with Crippen LogP contribution in [0.25, 0.3) is 11.1 Å². The summed E-state index contributed by atoms with van der Waals surface area (Å²) in [6.45, 7) is 0.402. The summed E-state index contributed by atoms with van der Waals surface area (Å²) in [6, 6.07) is 15.8. The molecule has 152 valence electrons. The molecule has 4 rings (SSSR count). The van der Waals surface area contributed by atoms with E-state index in [-0.39, 0.29) is 30.9 Å². The maximum Gasteiger partial charge on any atom is 0.316 e. The van der Waals surface area contributed by atoms with Crippen LogP contribution in [-0.4, -0.2) is 27.5 Å². The van der Waals surface area contributed by atoms with Crippen molar-refractivity contribution in [1.82, 2.24) is 9.97 Å². The van der Waals surface area contributed by atoms with Crippen LogP contribution in [0.15, 0.2) is 67.0 Å². The average molecular weight is 405 g/mol. The number of aromatic nitrogens is 2. The lowest BCUT2D eigenvalue weighted by molar-refractivity contribution is -0.384. The Kier molecular flexibility index (Phi) is 5.38. The predicted molar refractivity (Wildman–Crippen MR) is 108 cm³/mol. The minimum Gasteiger partial charge on any atom is -0.462 e. The summed E-state index contributed by atoms with van der Waals surface area (Å²) >= 11 is 0. The summed E-state index contributed by atoms with van der Waals surface area (Å²) < 4.78 is 11.1. The van der Waals surface area contributed by atoms with Gasteiger partial charge < -0.3 is 9.47 Å². The third kappa shape index (κ3) is 4.43. The molecule has 0 amide bonds. The fraction of sp³-hybridized carbons (Fsp3) is 0.227. The van der Waals surface area contributed by atoms with Gasteiger partial charge in [-0.1, -0.05) is 30.3 Å². The van der Waals surface area contributed by atoms with E-state index in [9.17, 15) is 14.9 Å². The fourth-order valence-electron chi connectivity index (χ4n) is 2.95. The number of non-ortho nitro benzene ring substituents is 1. The molecule has 1 saturated carbocycles. The summed E-state index contributed by atoms with van der Waals surface area (Å²) in [4.78, 5) is 31.1. The Morgan fingerprint density at radius 3 is 2.27 bits per heavy atom. The predicted octanol–water partition coefficient (Wildman–Crippen LogP) is 3.95. The molecule has 0 bridgehead atoms. The quantitative estimate of drug-likeness (QED) is 0.317. The van der Waals surface area contributed by atoms with Gasteiger partial charge in [0.05, 0.1) is 4.92 Å². The first-order valence-electron chi connectivity index (χ1n) is 9.47. The van der Waals surface area contributed by atoms with Crippen molar-refractivity contribution in [1.29, 1.82) is 0 Å².